The van der Waals surface area contributed by atoms with E-state index in [0.29, 0.717) is 6.42 Å². The summed E-state index contributed by atoms with van der Waals surface area (Å²) < 4.78 is 27.9. The van der Waals surface area contributed by atoms with Gasteiger partial charge >= 0.3 is 5.97 Å². The number of rotatable bonds is 6. The van der Waals surface area contributed by atoms with E-state index in [0.717, 1.165) is 11.6 Å². The molecule has 1 aromatic carbocycles. The third-order valence-corrected chi connectivity index (χ3v) is 4.49. The van der Waals surface area contributed by atoms with E-state index >= 15 is 0 Å². The van der Waals surface area contributed by atoms with Crippen LogP contribution in [0.4, 0.5) is 0 Å². The van der Waals surface area contributed by atoms with Gasteiger partial charge in [-0.05, 0) is 18.1 Å². The fraction of sp³-hybridized carbons (Fsp3) is 0.214. The lowest BCUT2D eigenvalue weighted by Gasteiger charge is -2.05. The molecule has 0 aliphatic heterocycles. The van der Waals surface area contributed by atoms with Crippen molar-refractivity contribution < 1.29 is 18.3 Å². The van der Waals surface area contributed by atoms with Crippen LogP contribution in [0.25, 0.3) is 0 Å². The summed E-state index contributed by atoms with van der Waals surface area (Å²) >= 11 is 0. The molecular weight excluding hydrogens is 292 g/mol. The van der Waals surface area contributed by atoms with Gasteiger partial charge in [-0.1, -0.05) is 30.3 Å². The Hall–Kier alpha value is -2.12. The average molecular weight is 308 g/mol. The summed E-state index contributed by atoms with van der Waals surface area (Å²) in [6.45, 7) is 0.254. The molecule has 1 aromatic heterocycles. The van der Waals surface area contributed by atoms with Crippen LogP contribution in [-0.4, -0.2) is 30.6 Å². The number of nitrogens with zero attached hydrogens (tertiary/aromatic N) is 1. The third-order valence-electron chi connectivity index (χ3n) is 3.06. The van der Waals surface area contributed by atoms with E-state index in [2.05, 4.69) is 4.72 Å². The predicted molar refractivity (Wildman–Crippen MR) is 77.7 cm³/mol. The van der Waals surface area contributed by atoms with Gasteiger partial charge in [-0.2, -0.15) is 0 Å². The maximum Gasteiger partial charge on any atom is 0.352 e. The van der Waals surface area contributed by atoms with E-state index in [1.165, 1.54) is 17.8 Å². The van der Waals surface area contributed by atoms with Gasteiger partial charge in [-0.15, -0.1) is 0 Å². The molecule has 0 saturated heterocycles. The minimum Gasteiger partial charge on any atom is -0.477 e. The second kappa shape index (κ2) is 6.11. The van der Waals surface area contributed by atoms with E-state index < -0.39 is 16.0 Å². The minimum atomic E-state index is -3.70. The van der Waals surface area contributed by atoms with Crippen molar-refractivity contribution in [2.24, 2.45) is 7.05 Å². The van der Waals surface area contributed by atoms with E-state index in [1.807, 2.05) is 30.3 Å². The number of carboxylic acids is 1. The Morgan fingerprint density at radius 2 is 1.95 bits per heavy atom. The number of hydrogen-bond donors (Lipinski definition) is 2. The van der Waals surface area contributed by atoms with Gasteiger partial charge in [0.15, 0.2) is 0 Å². The van der Waals surface area contributed by atoms with Gasteiger partial charge in [0.25, 0.3) is 0 Å². The first kappa shape index (κ1) is 15.3. The Morgan fingerprint density at radius 1 is 1.29 bits per heavy atom. The van der Waals surface area contributed by atoms with E-state index in [1.54, 1.807) is 0 Å². The van der Waals surface area contributed by atoms with Crippen LogP contribution in [0.3, 0.4) is 0 Å². The highest BCUT2D eigenvalue weighted by molar-refractivity contribution is 7.89. The second-order valence-corrected chi connectivity index (χ2v) is 6.38. The number of benzene rings is 1. The van der Waals surface area contributed by atoms with Crippen molar-refractivity contribution in [3.05, 3.63) is 53.9 Å². The lowest BCUT2D eigenvalue weighted by atomic mass is 10.2. The van der Waals surface area contributed by atoms with Crippen molar-refractivity contribution in [3.8, 4) is 0 Å². The zero-order valence-corrected chi connectivity index (χ0v) is 12.3. The van der Waals surface area contributed by atoms with Gasteiger partial charge in [-0.3, -0.25) is 0 Å². The first-order valence-electron chi connectivity index (χ1n) is 6.33. The van der Waals surface area contributed by atoms with Gasteiger partial charge in [0.1, 0.15) is 10.6 Å². The molecule has 21 heavy (non-hydrogen) atoms. The first-order valence-corrected chi connectivity index (χ1v) is 7.82. The zero-order valence-electron chi connectivity index (χ0n) is 11.5. The predicted octanol–water partition coefficient (Wildman–Crippen LogP) is 1.24. The van der Waals surface area contributed by atoms with Crippen LogP contribution in [0.2, 0.25) is 0 Å². The molecule has 0 radical (unpaired) electrons. The molecule has 112 valence electrons. The highest BCUT2D eigenvalue weighted by Crippen LogP contribution is 2.13. The molecule has 0 aliphatic carbocycles. The van der Waals surface area contributed by atoms with Gasteiger partial charge < -0.3 is 9.67 Å². The van der Waals surface area contributed by atoms with Crippen LogP contribution in [0.15, 0.2) is 47.5 Å². The molecule has 0 unspecified atom stereocenters. The van der Waals surface area contributed by atoms with Crippen LogP contribution < -0.4 is 4.72 Å². The molecule has 0 atom stereocenters. The second-order valence-electron chi connectivity index (χ2n) is 4.61. The quantitative estimate of drug-likeness (QED) is 0.840. The number of sulfonamides is 1. The molecule has 2 rings (SSSR count). The minimum absolute atomic E-state index is 0.0459. The fourth-order valence-corrected chi connectivity index (χ4v) is 3.05. The van der Waals surface area contributed by atoms with Crippen molar-refractivity contribution >= 4 is 16.0 Å². The van der Waals surface area contributed by atoms with Gasteiger partial charge in [0.05, 0.1) is 0 Å². The SMILES string of the molecule is Cn1cc(S(=O)(=O)NCCc2ccccc2)cc1C(=O)O. The van der Waals surface area contributed by atoms with Crippen molar-refractivity contribution in [1.29, 1.82) is 0 Å². The third kappa shape index (κ3) is 3.71. The van der Waals surface area contributed by atoms with Crippen LogP contribution in [-0.2, 0) is 23.5 Å². The van der Waals surface area contributed by atoms with Gasteiger partial charge in [0, 0.05) is 19.8 Å². The Bertz CT molecular complexity index is 736. The molecule has 0 amide bonds. The zero-order chi connectivity index (χ0) is 15.5. The van der Waals surface area contributed by atoms with Crippen LogP contribution in [0.1, 0.15) is 16.1 Å². The number of aromatic carboxylic acids is 1. The summed E-state index contributed by atoms with van der Waals surface area (Å²) in [6, 6.07) is 10.7. The molecule has 2 N–H and O–H groups in total. The highest BCUT2D eigenvalue weighted by atomic mass is 32.2. The Labute approximate surface area is 123 Å². The summed E-state index contributed by atoms with van der Waals surface area (Å²) in [5, 5.41) is 8.93. The summed E-state index contributed by atoms with van der Waals surface area (Å²) in [5.41, 5.74) is 0.956. The number of hydrogen-bond acceptors (Lipinski definition) is 3. The Balaban J connectivity index is 2.05. The van der Waals surface area contributed by atoms with E-state index in [4.69, 9.17) is 5.11 Å². The fourth-order valence-electron chi connectivity index (χ4n) is 1.95. The summed E-state index contributed by atoms with van der Waals surface area (Å²) in [7, 11) is -2.21. The number of aryl methyl sites for hydroxylation is 1. The lowest BCUT2D eigenvalue weighted by molar-refractivity contribution is 0.0686. The maximum atomic E-state index is 12.1. The van der Waals surface area contributed by atoms with Crippen LogP contribution in [0.5, 0.6) is 0 Å². The van der Waals surface area contributed by atoms with Crippen LogP contribution in [0, 0.1) is 0 Å². The van der Waals surface area contributed by atoms with Crippen molar-refractivity contribution in [3.63, 3.8) is 0 Å². The molecule has 0 spiro atoms. The molecule has 2 aromatic rings. The Morgan fingerprint density at radius 3 is 2.52 bits per heavy atom. The summed E-state index contributed by atoms with van der Waals surface area (Å²) in [5.74, 6) is -1.16. The van der Waals surface area contributed by atoms with Gasteiger partial charge in [0.2, 0.25) is 10.0 Å². The lowest BCUT2D eigenvalue weighted by Crippen LogP contribution is -2.25. The molecule has 0 saturated carbocycles. The normalized spacial score (nSPS) is 11.5. The molecule has 1 heterocycles. The van der Waals surface area contributed by atoms with Crippen molar-refractivity contribution in [2.45, 2.75) is 11.3 Å². The molecule has 0 fully saturated rings. The Kier molecular flexibility index (Phi) is 4.44. The topological polar surface area (TPSA) is 88.4 Å². The summed E-state index contributed by atoms with van der Waals surface area (Å²) in [6.07, 6.45) is 1.85. The van der Waals surface area contributed by atoms with Crippen molar-refractivity contribution in [2.75, 3.05) is 6.54 Å². The number of carbonyl (C=O) groups is 1. The molecule has 6 nitrogen and oxygen atoms in total. The number of carboxylic acid groups (broad SMARTS) is 1. The number of nitrogens with one attached hydrogen (secondary N) is 1. The first-order chi connectivity index (χ1) is 9.90. The standard InChI is InChI=1S/C14H16N2O4S/c1-16-10-12(9-13(16)14(17)18)21(19,20)15-8-7-11-5-3-2-4-6-11/h2-6,9-10,15H,7-8H2,1H3,(H,17,18). The average Bonchev–Trinajstić information content (AvgIpc) is 2.83. The van der Waals surface area contributed by atoms with Gasteiger partial charge in [-0.25, -0.2) is 17.9 Å². The van der Waals surface area contributed by atoms with E-state index in [9.17, 15) is 13.2 Å². The summed E-state index contributed by atoms with van der Waals surface area (Å²) in [4.78, 5) is 10.9. The molecular formula is C14H16N2O4S. The molecule has 0 aliphatic rings. The molecule has 0 bridgehead atoms. The molecule has 7 heteroatoms. The highest BCUT2D eigenvalue weighted by Gasteiger charge is 2.19. The van der Waals surface area contributed by atoms with Crippen LogP contribution >= 0.6 is 0 Å². The van der Waals surface area contributed by atoms with E-state index in [-0.39, 0.29) is 17.1 Å². The largest absolute Gasteiger partial charge is 0.477 e. The van der Waals surface area contributed by atoms with Crippen molar-refractivity contribution in [1.82, 2.24) is 9.29 Å². The smallest absolute Gasteiger partial charge is 0.352 e. The monoisotopic (exact) mass is 308 g/mol. The number of aromatic nitrogens is 1. The maximum absolute atomic E-state index is 12.1.